The fourth-order valence-corrected chi connectivity index (χ4v) is 5.78. The quantitative estimate of drug-likeness (QED) is 0.580. The summed E-state index contributed by atoms with van der Waals surface area (Å²) in [4.78, 5) is 0. The van der Waals surface area contributed by atoms with Crippen molar-refractivity contribution in [1.82, 2.24) is 0 Å². The Morgan fingerprint density at radius 1 is 1.17 bits per heavy atom. The maximum absolute atomic E-state index is 11.1. The molecule has 4 N–H and O–H groups in total. The van der Waals surface area contributed by atoms with Gasteiger partial charge in [0.1, 0.15) is 0 Å². The van der Waals surface area contributed by atoms with Gasteiger partial charge in [-0.2, -0.15) is 0 Å². The second kappa shape index (κ2) is 6.71. The first-order valence-corrected chi connectivity index (χ1v) is 9.34. The molecule has 0 radical (unpaired) electrons. The van der Waals surface area contributed by atoms with Crippen LogP contribution in [0.3, 0.4) is 0 Å². The average molecular weight is 341 g/mol. The van der Waals surface area contributed by atoms with Crippen molar-refractivity contribution in [2.45, 2.75) is 84.0 Å². The number of hydrogen-bond acceptors (Lipinski definition) is 4. The van der Waals surface area contributed by atoms with Crippen molar-refractivity contribution < 1.29 is 20.4 Å². The molecule has 0 bridgehead atoms. The SMILES string of the molecule is C=C(CC[C@@H]1[C@]2(C)CC[C@H](O)C(C)(C)[C@@H]2CC[C@@]1(C)O)[C@H](O)CO. The summed E-state index contributed by atoms with van der Waals surface area (Å²) in [5.41, 5.74) is -0.291. The second-order valence-corrected chi connectivity index (χ2v) is 9.28. The molecule has 2 aliphatic carbocycles. The second-order valence-electron chi connectivity index (χ2n) is 9.28. The van der Waals surface area contributed by atoms with Gasteiger partial charge in [0, 0.05) is 0 Å². The van der Waals surface area contributed by atoms with Crippen molar-refractivity contribution in [2.75, 3.05) is 6.61 Å². The lowest BCUT2D eigenvalue weighted by atomic mass is 9.44. The van der Waals surface area contributed by atoms with Gasteiger partial charge in [0.2, 0.25) is 0 Å². The largest absolute Gasteiger partial charge is 0.393 e. The Balaban J connectivity index is 2.24. The third-order valence-corrected chi connectivity index (χ3v) is 7.39. The van der Waals surface area contributed by atoms with Gasteiger partial charge in [0.15, 0.2) is 0 Å². The third-order valence-electron chi connectivity index (χ3n) is 7.39. The van der Waals surface area contributed by atoms with E-state index in [0.717, 1.165) is 32.1 Å². The molecule has 2 aliphatic rings. The Kier molecular flexibility index (Phi) is 5.57. The third kappa shape index (κ3) is 3.31. The summed E-state index contributed by atoms with van der Waals surface area (Å²) in [5, 5.41) is 40.4. The van der Waals surface area contributed by atoms with Crippen molar-refractivity contribution in [3.05, 3.63) is 12.2 Å². The first-order valence-electron chi connectivity index (χ1n) is 9.34. The Hall–Kier alpha value is -0.420. The van der Waals surface area contributed by atoms with E-state index in [2.05, 4.69) is 27.4 Å². The highest BCUT2D eigenvalue weighted by Gasteiger charge is 2.59. The van der Waals surface area contributed by atoms with Gasteiger partial charge < -0.3 is 20.4 Å². The minimum atomic E-state index is -0.883. The van der Waals surface area contributed by atoms with Crippen LogP contribution in [0, 0.1) is 22.7 Å². The minimum absolute atomic E-state index is 0.0328. The predicted octanol–water partition coefficient (Wildman–Crippen LogP) is 2.64. The number of aliphatic hydroxyl groups excluding tert-OH is 3. The average Bonchev–Trinajstić information content (AvgIpc) is 2.49. The van der Waals surface area contributed by atoms with E-state index in [-0.39, 0.29) is 29.5 Å². The molecular weight excluding hydrogens is 304 g/mol. The summed E-state index contributed by atoms with van der Waals surface area (Å²) < 4.78 is 0. The van der Waals surface area contributed by atoms with Crippen molar-refractivity contribution in [3.63, 3.8) is 0 Å². The molecule has 0 amide bonds. The lowest BCUT2D eigenvalue weighted by Gasteiger charge is -2.62. The van der Waals surface area contributed by atoms with E-state index in [0.29, 0.717) is 17.9 Å². The van der Waals surface area contributed by atoms with Crippen LogP contribution in [-0.4, -0.2) is 44.8 Å². The van der Waals surface area contributed by atoms with Gasteiger partial charge in [-0.25, -0.2) is 0 Å². The Morgan fingerprint density at radius 3 is 2.38 bits per heavy atom. The van der Waals surface area contributed by atoms with Crippen LogP contribution in [0.4, 0.5) is 0 Å². The maximum Gasteiger partial charge on any atom is 0.0978 e. The van der Waals surface area contributed by atoms with E-state index in [1.165, 1.54) is 0 Å². The van der Waals surface area contributed by atoms with Crippen LogP contribution in [0.25, 0.3) is 0 Å². The number of rotatable bonds is 5. The fraction of sp³-hybridized carbons (Fsp3) is 0.900. The van der Waals surface area contributed by atoms with E-state index >= 15 is 0 Å². The van der Waals surface area contributed by atoms with Gasteiger partial charge >= 0.3 is 0 Å². The Labute approximate surface area is 146 Å². The summed E-state index contributed by atoms with van der Waals surface area (Å²) in [6, 6.07) is 0. The summed E-state index contributed by atoms with van der Waals surface area (Å²) in [6.07, 6.45) is 3.55. The smallest absolute Gasteiger partial charge is 0.0978 e. The molecular formula is C20H36O4. The minimum Gasteiger partial charge on any atom is -0.393 e. The van der Waals surface area contributed by atoms with Crippen molar-refractivity contribution in [3.8, 4) is 0 Å². The van der Waals surface area contributed by atoms with Gasteiger partial charge in [-0.15, -0.1) is 0 Å². The first kappa shape index (κ1) is 19.9. The standard InChI is InChI=1S/C20H36O4/c1-13(14(22)12-21)6-7-16-19(4)10-9-17(23)18(2,3)15(19)8-11-20(16,5)24/h14-17,21-24H,1,6-12H2,2-5H3/t14-,15+,16-,17+,19-,20-/m1/s1. The number of hydrogen-bond donors (Lipinski definition) is 4. The topological polar surface area (TPSA) is 80.9 Å². The first-order chi connectivity index (χ1) is 11.0. The zero-order chi connectivity index (χ0) is 18.3. The van der Waals surface area contributed by atoms with Crippen LogP contribution in [-0.2, 0) is 0 Å². The summed E-state index contributed by atoms with van der Waals surface area (Å²) >= 11 is 0. The molecule has 0 aromatic rings. The summed E-state index contributed by atoms with van der Waals surface area (Å²) in [5.74, 6) is 0.466. The van der Waals surface area contributed by atoms with Gasteiger partial charge in [-0.1, -0.05) is 27.4 Å². The van der Waals surface area contributed by atoms with E-state index in [1.54, 1.807) is 0 Å². The highest BCUT2D eigenvalue weighted by atomic mass is 16.3. The molecule has 0 aliphatic heterocycles. The zero-order valence-corrected chi connectivity index (χ0v) is 15.8. The van der Waals surface area contributed by atoms with E-state index in [4.69, 9.17) is 5.11 Å². The Bertz CT molecular complexity index is 470. The van der Waals surface area contributed by atoms with Crippen LogP contribution in [0.15, 0.2) is 12.2 Å². The molecule has 2 rings (SSSR count). The zero-order valence-electron chi connectivity index (χ0n) is 15.8. The highest BCUT2D eigenvalue weighted by molar-refractivity contribution is 5.11. The van der Waals surface area contributed by atoms with Crippen LogP contribution < -0.4 is 0 Å². The van der Waals surface area contributed by atoms with E-state index in [9.17, 15) is 15.3 Å². The molecule has 0 heterocycles. The van der Waals surface area contributed by atoms with E-state index in [1.807, 2.05) is 6.92 Å². The predicted molar refractivity (Wildman–Crippen MR) is 95.4 cm³/mol. The van der Waals surface area contributed by atoms with Crippen LogP contribution in [0.5, 0.6) is 0 Å². The Morgan fingerprint density at radius 2 is 1.79 bits per heavy atom. The molecule has 0 spiro atoms. The molecule has 0 aromatic carbocycles. The molecule has 2 fully saturated rings. The van der Waals surface area contributed by atoms with Crippen molar-refractivity contribution in [1.29, 1.82) is 0 Å². The molecule has 24 heavy (non-hydrogen) atoms. The normalized spacial score (nSPS) is 43.1. The van der Waals surface area contributed by atoms with Crippen LogP contribution >= 0.6 is 0 Å². The van der Waals surface area contributed by atoms with Gasteiger partial charge in [-0.3, -0.25) is 0 Å². The number of aliphatic hydroxyl groups is 4. The van der Waals surface area contributed by atoms with Crippen LogP contribution in [0.1, 0.15) is 66.2 Å². The monoisotopic (exact) mass is 340 g/mol. The van der Waals surface area contributed by atoms with Gasteiger partial charge in [0.05, 0.1) is 24.4 Å². The molecule has 0 aromatic heterocycles. The lowest BCUT2D eigenvalue weighted by Crippen LogP contribution is -2.60. The summed E-state index contributed by atoms with van der Waals surface area (Å²) in [7, 11) is 0. The van der Waals surface area contributed by atoms with Crippen molar-refractivity contribution >= 4 is 0 Å². The highest BCUT2D eigenvalue weighted by Crippen LogP contribution is 2.63. The molecule has 140 valence electrons. The van der Waals surface area contributed by atoms with Gasteiger partial charge in [0.25, 0.3) is 0 Å². The number of fused-ring (bicyclic) bond motifs is 1. The maximum atomic E-state index is 11.1. The van der Waals surface area contributed by atoms with E-state index < -0.39 is 11.7 Å². The van der Waals surface area contributed by atoms with Crippen LogP contribution in [0.2, 0.25) is 0 Å². The molecule has 0 unspecified atom stereocenters. The molecule has 4 nitrogen and oxygen atoms in total. The fourth-order valence-electron chi connectivity index (χ4n) is 5.78. The lowest BCUT2D eigenvalue weighted by molar-refractivity contribution is -0.195. The molecule has 6 atom stereocenters. The molecule has 0 saturated heterocycles. The summed E-state index contributed by atoms with van der Waals surface area (Å²) in [6.45, 7) is 12.1. The molecule has 2 saturated carbocycles. The van der Waals surface area contributed by atoms with Gasteiger partial charge in [-0.05, 0) is 73.7 Å². The molecule has 4 heteroatoms. The van der Waals surface area contributed by atoms with Crippen molar-refractivity contribution in [2.24, 2.45) is 22.7 Å².